The number of carbonyl (C=O) groups excluding carboxylic acids is 1. The van der Waals surface area contributed by atoms with Crippen LogP contribution in [0.1, 0.15) is 18.4 Å². The van der Waals surface area contributed by atoms with Crippen LogP contribution in [0.4, 0.5) is 11.4 Å². The molecule has 7 nitrogen and oxygen atoms in total. The van der Waals surface area contributed by atoms with Gasteiger partial charge in [-0.25, -0.2) is 8.42 Å². The average Bonchev–Trinajstić information content (AvgIpc) is 3.18. The van der Waals surface area contributed by atoms with Gasteiger partial charge in [0, 0.05) is 5.69 Å². The van der Waals surface area contributed by atoms with Gasteiger partial charge in [-0.3, -0.25) is 9.52 Å². The number of aryl methyl sites for hydroxylation is 1. The van der Waals surface area contributed by atoms with E-state index in [0.717, 1.165) is 19.4 Å². The number of ether oxygens (including phenoxy) is 1. The highest BCUT2D eigenvalue weighted by molar-refractivity contribution is 7.92. The molecule has 2 aromatic rings. The number of amides is 1. The van der Waals surface area contributed by atoms with Crippen molar-refractivity contribution in [1.82, 2.24) is 5.32 Å². The SMILES string of the molecule is COc1ccccc1NS(=O)(=O)c1cc(NC(=O)C2CCCN2)ccc1C. The maximum atomic E-state index is 12.9. The molecule has 1 amide bonds. The van der Waals surface area contributed by atoms with Crippen molar-refractivity contribution in [2.24, 2.45) is 0 Å². The highest BCUT2D eigenvalue weighted by Gasteiger charge is 2.23. The summed E-state index contributed by atoms with van der Waals surface area (Å²) in [5.74, 6) is 0.271. The number of nitrogens with one attached hydrogen (secondary N) is 3. The fourth-order valence-corrected chi connectivity index (χ4v) is 4.38. The molecular weight excluding hydrogens is 366 g/mol. The van der Waals surface area contributed by atoms with E-state index in [9.17, 15) is 13.2 Å². The molecule has 144 valence electrons. The zero-order valence-electron chi connectivity index (χ0n) is 15.3. The van der Waals surface area contributed by atoms with E-state index in [2.05, 4.69) is 15.4 Å². The van der Waals surface area contributed by atoms with Crippen LogP contribution in [0.2, 0.25) is 0 Å². The lowest BCUT2D eigenvalue weighted by Crippen LogP contribution is -2.35. The summed E-state index contributed by atoms with van der Waals surface area (Å²) in [6.07, 6.45) is 1.73. The standard InChI is InChI=1S/C19H23N3O4S/c1-13-9-10-14(21-19(23)16-7-5-11-20-16)12-18(13)27(24,25)22-15-6-3-4-8-17(15)26-2/h3-4,6,8-10,12,16,20,22H,5,7,11H2,1-2H3,(H,21,23). The molecule has 1 fully saturated rings. The predicted octanol–water partition coefficient (Wildman–Crippen LogP) is 2.49. The minimum Gasteiger partial charge on any atom is -0.495 e. The Hall–Kier alpha value is -2.58. The molecule has 0 radical (unpaired) electrons. The Morgan fingerprint density at radius 1 is 1.22 bits per heavy atom. The molecule has 0 aromatic heterocycles. The zero-order valence-corrected chi connectivity index (χ0v) is 16.1. The van der Waals surface area contributed by atoms with Crippen LogP contribution in [0.15, 0.2) is 47.4 Å². The highest BCUT2D eigenvalue weighted by Crippen LogP contribution is 2.28. The van der Waals surface area contributed by atoms with E-state index in [1.54, 1.807) is 43.3 Å². The fraction of sp³-hybridized carbons (Fsp3) is 0.316. The molecule has 0 saturated carbocycles. The largest absolute Gasteiger partial charge is 0.495 e. The van der Waals surface area contributed by atoms with Crippen molar-refractivity contribution in [2.45, 2.75) is 30.7 Å². The summed E-state index contributed by atoms with van der Waals surface area (Å²) in [4.78, 5) is 12.4. The van der Waals surface area contributed by atoms with Crippen molar-refractivity contribution in [3.8, 4) is 5.75 Å². The predicted molar refractivity (Wildman–Crippen MR) is 105 cm³/mol. The van der Waals surface area contributed by atoms with E-state index in [-0.39, 0.29) is 16.8 Å². The van der Waals surface area contributed by atoms with Crippen molar-refractivity contribution in [1.29, 1.82) is 0 Å². The Morgan fingerprint density at radius 3 is 2.70 bits per heavy atom. The number of benzene rings is 2. The molecule has 1 heterocycles. The number of para-hydroxylation sites is 2. The average molecular weight is 389 g/mol. The second-order valence-electron chi connectivity index (χ2n) is 6.42. The maximum absolute atomic E-state index is 12.9. The second kappa shape index (κ2) is 7.98. The first-order valence-corrected chi connectivity index (χ1v) is 10.2. The topological polar surface area (TPSA) is 96.5 Å². The third-order valence-electron chi connectivity index (χ3n) is 4.47. The van der Waals surface area contributed by atoms with Crippen LogP contribution >= 0.6 is 0 Å². The minimum atomic E-state index is -3.85. The van der Waals surface area contributed by atoms with Crippen LogP contribution in [0.3, 0.4) is 0 Å². The fourth-order valence-electron chi connectivity index (χ4n) is 3.03. The van der Waals surface area contributed by atoms with Crippen molar-refractivity contribution in [3.05, 3.63) is 48.0 Å². The third-order valence-corrected chi connectivity index (χ3v) is 5.98. The van der Waals surface area contributed by atoms with Gasteiger partial charge in [-0.1, -0.05) is 18.2 Å². The van der Waals surface area contributed by atoms with Gasteiger partial charge in [-0.05, 0) is 56.1 Å². The summed E-state index contributed by atoms with van der Waals surface area (Å²) in [6.45, 7) is 2.52. The Morgan fingerprint density at radius 2 is 2.00 bits per heavy atom. The number of rotatable bonds is 6. The lowest BCUT2D eigenvalue weighted by atomic mass is 10.2. The van der Waals surface area contributed by atoms with Gasteiger partial charge in [-0.2, -0.15) is 0 Å². The molecule has 1 atom stereocenters. The Bertz CT molecular complexity index is 938. The van der Waals surface area contributed by atoms with Crippen LogP contribution in [-0.2, 0) is 14.8 Å². The number of anilines is 2. The third kappa shape index (κ3) is 4.40. The molecule has 2 aromatic carbocycles. The van der Waals surface area contributed by atoms with Gasteiger partial charge in [0.1, 0.15) is 5.75 Å². The van der Waals surface area contributed by atoms with E-state index in [0.29, 0.717) is 22.7 Å². The van der Waals surface area contributed by atoms with E-state index >= 15 is 0 Å². The molecule has 0 aliphatic carbocycles. The maximum Gasteiger partial charge on any atom is 0.262 e. The molecule has 1 saturated heterocycles. The normalized spacial score (nSPS) is 16.7. The molecule has 1 aliphatic rings. The van der Waals surface area contributed by atoms with E-state index < -0.39 is 10.0 Å². The van der Waals surface area contributed by atoms with E-state index in [1.165, 1.54) is 13.2 Å². The molecule has 8 heteroatoms. The number of hydrogen-bond acceptors (Lipinski definition) is 5. The van der Waals surface area contributed by atoms with Gasteiger partial charge in [0.15, 0.2) is 0 Å². The number of hydrogen-bond donors (Lipinski definition) is 3. The van der Waals surface area contributed by atoms with Gasteiger partial charge in [0.05, 0.1) is 23.7 Å². The van der Waals surface area contributed by atoms with Crippen LogP contribution in [0.25, 0.3) is 0 Å². The molecule has 3 N–H and O–H groups in total. The van der Waals surface area contributed by atoms with Crippen LogP contribution in [-0.4, -0.2) is 34.0 Å². The first-order chi connectivity index (χ1) is 12.9. The first-order valence-electron chi connectivity index (χ1n) is 8.71. The summed E-state index contributed by atoms with van der Waals surface area (Å²) in [6, 6.07) is 11.4. The quantitative estimate of drug-likeness (QED) is 0.705. The van der Waals surface area contributed by atoms with Crippen LogP contribution in [0.5, 0.6) is 5.75 Å². The van der Waals surface area contributed by atoms with Crippen LogP contribution < -0.4 is 20.1 Å². The van der Waals surface area contributed by atoms with Crippen molar-refractivity contribution >= 4 is 27.3 Å². The molecule has 0 bridgehead atoms. The van der Waals surface area contributed by atoms with Gasteiger partial charge >= 0.3 is 0 Å². The highest BCUT2D eigenvalue weighted by atomic mass is 32.2. The number of carbonyl (C=O) groups is 1. The second-order valence-corrected chi connectivity index (χ2v) is 8.08. The first kappa shape index (κ1) is 19.2. The minimum absolute atomic E-state index is 0.102. The molecule has 1 aliphatic heterocycles. The summed E-state index contributed by atoms with van der Waals surface area (Å²) >= 11 is 0. The smallest absolute Gasteiger partial charge is 0.262 e. The Balaban J connectivity index is 1.85. The summed E-state index contributed by atoms with van der Waals surface area (Å²) in [7, 11) is -2.37. The molecular formula is C19H23N3O4S. The van der Waals surface area contributed by atoms with Crippen LogP contribution in [0, 0.1) is 6.92 Å². The van der Waals surface area contributed by atoms with Gasteiger partial charge < -0.3 is 15.4 Å². The summed E-state index contributed by atoms with van der Waals surface area (Å²) in [5, 5.41) is 5.91. The molecule has 27 heavy (non-hydrogen) atoms. The zero-order chi connectivity index (χ0) is 19.4. The lowest BCUT2D eigenvalue weighted by Gasteiger charge is -2.15. The summed E-state index contributed by atoms with van der Waals surface area (Å²) < 4.78 is 33.5. The summed E-state index contributed by atoms with van der Waals surface area (Å²) in [5.41, 5.74) is 1.37. The Labute approximate surface area is 159 Å². The lowest BCUT2D eigenvalue weighted by molar-refractivity contribution is -0.117. The van der Waals surface area contributed by atoms with Crippen molar-refractivity contribution in [3.63, 3.8) is 0 Å². The van der Waals surface area contributed by atoms with Gasteiger partial charge in [-0.15, -0.1) is 0 Å². The molecule has 3 rings (SSSR count). The monoisotopic (exact) mass is 389 g/mol. The van der Waals surface area contributed by atoms with Gasteiger partial charge in [0.2, 0.25) is 5.91 Å². The van der Waals surface area contributed by atoms with E-state index in [1.807, 2.05) is 0 Å². The Kier molecular flexibility index (Phi) is 5.67. The van der Waals surface area contributed by atoms with Crippen molar-refractivity contribution < 1.29 is 17.9 Å². The molecule has 1 unspecified atom stereocenters. The number of sulfonamides is 1. The van der Waals surface area contributed by atoms with Crippen molar-refractivity contribution in [2.75, 3.05) is 23.7 Å². The van der Waals surface area contributed by atoms with Gasteiger partial charge in [0.25, 0.3) is 10.0 Å². The number of methoxy groups -OCH3 is 1. The molecule has 0 spiro atoms. The van der Waals surface area contributed by atoms with E-state index in [4.69, 9.17) is 4.74 Å².